The third-order valence-corrected chi connectivity index (χ3v) is 3.12. The zero-order chi connectivity index (χ0) is 10.8. The molecule has 1 aromatic heterocycles. The number of nitrogens with one attached hydrogen (secondary N) is 1. The average molecular weight is 217 g/mol. The lowest BCUT2D eigenvalue weighted by molar-refractivity contribution is 0.600. The van der Waals surface area contributed by atoms with E-state index in [1.807, 2.05) is 13.8 Å². The van der Waals surface area contributed by atoms with Crippen LogP contribution >= 0.6 is 0 Å². The maximum Gasteiger partial charge on any atom is 0.233 e. The Balaban J connectivity index is 2.96. The lowest BCUT2D eigenvalue weighted by Crippen LogP contribution is -2.17. The molecule has 0 unspecified atom stereocenters. The van der Waals surface area contributed by atoms with Crippen molar-refractivity contribution in [3.8, 4) is 0 Å². The molecule has 0 aliphatic carbocycles. The number of rotatable bonds is 4. The van der Waals surface area contributed by atoms with Crippen LogP contribution in [-0.2, 0) is 16.6 Å². The van der Waals surface area contributed by atoms with Crippen LogP contribution in [-0.4, -0.2) is 24.0 Å². The van der Waals surface area contributed by atoms with E-state index in [0.29, 0.717) is 12.4 Å². The largest absolute Gasteiger partial charge is 0.268 e. The summed E-state index contributed by atoms with van der Waals surface area (Å²) in [6.45, 7) is 5.99. The van der Waals surface area contributed by atoms with Gasteiger partial charge in [0.1, 0.15) is 5.82 Å². The average Bonchev–Trinajstić information content (AvgIpc) is 2.45. The van der Waals surface area contributed by atoms with Crippen molar-refractivity contribution >= 4 is 15.8 Å². The molecule has 0 radical (unpaired) electrons. The van der Waals surface area contributed by atoms with Crippen molar-refractivity contribution in [2.75, 3.05) is 10.5 Å². The lowest BCUT2D eigenvalue weighted by atomic mass is 10.5. The molecule has 0 bridgehead atoms. The molecule has 1 aromatic rings. The summed E-state index contributed by atoms with van der Waals surface area (Å²) in [4.78, 5) is 0. The summed E-state index contributed by atoms with van der Waals surface area (Å²) in [5.41, 5.74) is 0.806. The van der Waals surface area contributed by atoms with Gasteiger partial charge in [-0.15, -0.1) is 0 Å². The van der Waals surface area contributed by atoms with Gasteiger partial charge in [-0.3, -0.25) is 4.72 Å². The molecule has 1 rings (SSSR count). The third kappa shape index (κ3) is 2.47. The van der Waals surface area contributed by atoms with Gasteiger partial charge in [0.25, 0.3) is 0 Å². The van der Waals surface area contributed by atoms with Crippen LogP contribution in [0.25, 0.3) is 0 Å². The fraction of sp³-hybridized carbons (Fsp3) is 0.625. The minimum Gasteiger partial charge on any atom is -0.268 e. The van der Waals surface area contributed by atoms with Crippen LogP contribution in [0.1, 0.15) is 19.5 Å². The van der Waals surface area contributed by atoms with Gasteiger partial charge >= 0.3 is 0 Å². The van der Waals surface area contributed by atoms with E-state index in [2.05, 4.69) is 9.82 Å². The van der Waals surface area contributed by atoms with Gasteiger partial charge in [-0.05, 0) is 20.8 Å². The summed E-state index contributed by atoms with van der Waals surface area (Å²) in [6, 6.07) is 1.72. The maximum atomic E-state index is 11.3. The van der Waals surface area contributed by atoms with Gasteiger partial charge in [0.15, 0.2) is 0 Å². The Kier molecular flexibility index (Phi) is 3.15. The number of nitrogens with zero attached hydrogens (tertiary/aromatic N) is 2. The number of anilines is 1. The van der Waals surface area contributed by atoms with Gasteiger partial charge in [-0.25, -0.2) is 13.1 Å². The molecule has 14 heavy (non-hydrogen) atoms. The number of aryl methyl sites for hydroxylation is 2. The zero-order valence-electron chi connectivity index (χ0n) is 8.61. The van der Waals surface area contributed by atoms with Crippen LogP contribution in [0.4, 0.5) is 5.82 Å². The number of hydrogen-bond donors (Lipinski definition) is 1. The van der Waals surface area contributed by atoms with E-state index in [1.54, 1.807) is 17.7 Å². The molecular formula is C8H15N3O2S. The Morgan fingerprint density at radius 2 is 2.14 bits per heavy atom. The Labute approximate surface area is 84.2 Å². The van der Waals surface area contributed by atoms with Gasteiger partial charge < -0.3 is 0 Å². The quantitative estimate of drug-likeness (QED) is 0.817. The molecule has 5 nitrogen and oxygen atoms in total. The van der Waals surface area contributed by atoms with E-state index in [1.165, 1.54) is 0 Å². The molecule has 0 aromatic carbocycles. The minimum absolute atomic E-state index is 0.0704. The molecule has 0 atom stereocenters. The molecule has 0 aliphatic heterocycles. The molecule has 1 heterocycles. The second kappa shape index (κ2) is 4.00. The molecule has 0 spiro atoms. The van der Waals surface area contributed by atoms with Crippen molar-refractivity contribution in [1.29, 1.82) is 0 Å². The predicted molar refractivity (Wildman–Crippen MR) is 55.7 cm³/mol. The first-order valence-corrected chi connectivity index (χ1v) is 6.18. The van der Waals surface area contributed by atoms with Crippen molar-refractivity contribution in [1.82, 2.24) is 9.78 Å². The minimum atomic E-state index is -3.20. The van der Waals surface area contributed by atoms with Gasteiger partial charge in [-0.2, -0.15) is 5.10 Å². The summed E-state index contributed by atoms with van der Waals surface area (Å²) in [7, 11) is -3.20. The van der Waals surface area contributed by atoms with Crippen LogP contribution in [0.2, 0.25) is 0 Å². The van der Waals surface area contributed by atoms with Crippen molar-refractivity contribution < 1.29 is 8.42 Å². The van der Waals surface area contributed by atoms with Crippen LogP contribution in [0.3, 0.4) is 0 Å². The van der Waals surface area contributed by atoms with Crippen molar-refractivity contribution in [3.05, 3.63) is 11.8 Å². The topological polar surface area (TPSA) is 64.0 Å². The highest BCUT2D eigenvalue weighted by Gasteiger charge is 2.11. The summed E-state index contributed by atoms with van der Waals surface area (Å²) in [5.74, 6) is 0.604. The molecule has 80 valence electrons. The SMILES string of the molecule is CCn1nc(C)cc1NS(=O)(=O)CC. The predicted octanol–water partition coefficient (Wildman–Crippen LogP) is 0.973. The fourth-order valence-electron chi connectivity index (χ4n) is 1.10. The third-order valence-electron chi connectivity index (χ3n) is 1.84. The molecule has 0 amide bonds. The Hall–Kier alpha value is -1.04. The van der Waals surface area contributed by atoms with E-state index in [0.717, 1.165) is 5.69 Å². The van der Waals surface area contributed by atoms with Crippen LogP contribution in [0, 0.1) is 6.92 Å². The number of aromatic nitrogens is 2. The fourth-order valence-corrected chi connectivity index (χ4v) is 1.73. The van der Waals surface area contributed by atoms with Crippen LogP contribution in [0.5, 0.6) is 0 Å². The normalized spacial score (nSPS) is 11.6. The van der Waals surface area contributed by atoms with Crippen LogP contribution < -0.4 is 4.72 Å². The summed E-state index contributed by atoms with van der Waals surface area (Å²) >= 11 is 0. The maximum absolute atomic E-state index is 11.3. The van der Waals surface area contributed by atoms with Crippen LogP contribution in [0.15, 0.2) is 6.07 Å². The standard InChI is InChI=1S/C8H15N3O2S/c1-4-11-8(6-7(3)9-11)10-14(12,13)5-2/h6,10H,4-5H2,1-3H3. The second-order valence-electron chi connectivity index (χ2n) is 2.99. The van der Waals surface area contributed by atoms with E-state index in [4.69, 9.17) is 0 Å². The Morgan fingerprint density at radius 3 is 2.64 bits per heavy atom. The van der Waals surface area contributed by atoms with E-state index >= 15 is 0 Å². The molecule has 0 saturated heterocycles. The molecule has 1 N–H and O–H groups in total. The summed E-state index contributed by atoms with van der Waals surface area (Å²) in [6.07, 6.45) is 0. The van der Waals surface area contributed by atoms with E-state index in [-0.39, 0.29) is 5.75 Å². The molecule has 6 heteroatoms. The van der Waals surface area contributed by atoms with Crippen molar-refractivity contribution in [2.24, 2.45) is 0 Å². The highest BCUT2D eigenvalue weighted by atomic mass is 32.2. The van der Waals surface area contributed by atoms with E-state index in [9.17, 15) is 8.42 Å². The number of sulfonamides is 1. The van der Waals surface area contributed by atoms with E-state index < -0.39 is 10.0 Å². The first-order valence-electron chi connectivity index (χ1n) is 4.53. The van der Waals surface area contributed by atoms with Gasteiger partial charge in [0, 0.05) is 12.6 Å². The molecular weight excluding hydrogens is 202 g/mol. The Morgan fingerprint density at radius 1 is 1.50 bits per heavy atom. The molecule has 0 aliphatic rings. The van der Waals surface area contributed by atoms with Gasteiger partial charge in [0.05, 0.1) is 11.4 Å². The van der Waals surface area contributed by atoms with Gasteiger partial charge in [-0.1, -0.05) is 0 Å². The van der Waals surface area contributed by atoms with Crippen molar-refractivity contribution in [3.63, 3.8) is 0 Å². The summed E-state index contributed by atoms with van der Waals surface area (Å²) < 4.78 is 26.7. The molecule has 0 fully saturated rings. The first-order chi connectivity index (χ1) is 6.48. The Bertz CT molecular complexity index is 408. The first kappa shape index (κ1) is 11.0. The monoisotopic (exact) mass is 217 g/mol. The summed E-state index contributed by atoms with van der Waals surface area (Å²) in [5, 5.41) is 4.14. The lowest BCUT2D eigenvalue weighted by Gasteiger charge is -2.06. The number of hydrogen-bond acceptors (Lipinski definition) is 3. The highest BCUT2D eigenvalue weighted by molar-refractivity contribution is 7.92. The van der Waals surface area contributed by atoms with Gasteiger partial charge in [0.2, 0.25) is 10.0 Å². The molecule has 0 saturated carbocycles. The smallest absolute Gasteiger partial charge is 0.233 e. The zero-order valence-corrected chi connectivity index (χ0v) is 9.43. The van der Waals surface area contributed by atoms with Crippen molar-refractivity contribution in [2.45, 2.75) is 27.3 Å². The second-order valence-corrected chi connectivity index (χ2v) is 5.00. The highest BCUT2D eigenvalue weighted by Crippen LogP contribution is 2.11.